The number of rotatable bonds is 11. The van der Waals surface area contributed by atoms with Gasteiger partial charge >= 0.3 is 0 Å². The highest BCUT2D eigenvalue weighted by Gasteiger charge is 2.08. The summed E-state index contributed by atoms with van der Waals surface area (Å²) in [7, 11) is 2.05. The molecule has 0 aromatic heterocycles. The number of amides is 1. The van der Waals surface area contributed by atoms with E-state index in [9.17, 15) is 4.79 Å². The number of para-hydroxylation sites is 1. The van der Waals surface area contributed by atoms with Gasteiger partial charge in [-0.3, -0.25) is 4.79 Å². The summed E-state index contributed by atoms with van der Waals surface area (Å²) in [6, 6.07) is 25.6. The third kappa shape index (κ3) is 6.86. The topological polar surface area (TPSA) is 44.8 Å². The van der Waals surface area contributed by atoms with Crippen LogP contribution in [0, 0.1) is 0 Å². The molecule has 0 fully saturated rings. The largest absolute Gasteiger partial charge is 0.457 e. The number of carbonyl (C=O) groups excluding carboxylic acids is 1. The van der Waals surface area contributed by atoms with Crippen LogP contribution in [0.5, 0.6) is 11.5 Å². The van der Waals surface area contributed by atoms with E-state index in [4.69, 9.17) is 4.74 Å². The van der Waals surface area contributed by atoms with Gasteiger partial charge in [-0.2, -0.15) is 0 Å². The zero-order valence-electron chi connectivity index (χ0n) is 19.3. The van der Waals surface area contributed by atoms with Gasteiger partial charge in [0.1, 0.15) is 11.5 Å². The van der Waals surface area contributed by atoms with Gasteiger partial charge in [0.2, 0.25) is 0 Å². The minimum Gasteiger partial charge on any atom is -0.457 e. The zero-order valence-corrected chi connectivity index (χ0v) is 19.3. The molecule has 5 heteroatoms. The Bertz CT molecular complexity index is 952. The molecule has 32 heavy (non-hydrogen) atoms. The summed E-state index contributed by atoms with van der Waals surface area (Å²) in [5.74, 6) is 1.62. The lowest BCUT2D eigenvalue weighted by atomic mass is 10.1. The van der Waals surface area contributed by atoms with Crippen molar-refractivity contribution < 1.29 is 9.53 Å². The molecule has 0 radical (unpaired) electrons. The van der Waals surface area contributed by atoms with Crippen LogP contribution in [0.1, 0.15) is 29.8 Å². The van der Waals surface area contributed by atoms with Crippen LogP contribution in [0.3, 0.4) is 0 Å². The van der Waals surface area contributed by atoms with Gasteiger partial charge in [-0.05, 0) is 67.2 Å². The fourth-order valence-electron chi connectivity index (χ4n) is 3.49. The lowest BCUT2D eigenvalue weighted by molar-refractivity contribution is 0.0949. The SMILES string of the molecule is CCN(CC)CCNC(=O)c1ccc(N(C)Cc2ccc(Oc3ccccc3)cc2)cc1. The van der Waals surface area contributed by atoms with E-state index in [2.05, 4.69) is 41.1 Å². The molecule has 0 atom stereocenters. The molecule has 1 amide bonds. The van der Waals surface area contributed by atoms with Gasteiger partial charge in [-0.15, -0.1) is 0 Å². The van der Waals surface area contributed by atoms with E-state index >= 15 is 0 Å². The summed E-state index contributed by atoms with van der Waals surface area (Å²) >= 11 is 0. The predicted molar refractivity (Wildman–Crippen MR) is 132 cm³/mol. The Balaban J connectivity index is 1.51. The van der Waals surface area contributed by atoms with Crippen LogP contribution < -0.4 is 15.0 Å². The summed E-state index contributed by atoms with van der Waals surface area (Å²) in [6.07, 6.45) is 0. The molecular weight excluding hydrogens is 398 g/mol. The third-order valence-corrected chi connectivity index (χ3v) is 5.50. The molecule has 5 nitrogen and oxygen atoms in total. The molecule has 3 aromatic rings. The summed E-state index contributed by atoms with van der Waals surface area (Å²) < 4.78 is 5.86. The first-order valence-electron chi connectivity index (χ1n) is 11.2. The molecule has 0 aliphatic heterocycles. The highest BCUT2D eigenvalue weighted by Crippen LogP contribution is 2.22. The van der Waals surface area contributed by atoms with Crippen molar-refractivity contribution in [3.05, 3.63) is 90.0 Å². The van der Waals surface area contributed by atoms with Crippen LogP contribution >= 0.6 is 0 Å². The van der Waals surface area contributed by atoms with Crippen molar-refractivity contribution in [2.75, 3.05) is 38.1 Å². The summed E-state index contributed by atoms with van der Waals surface area (Å²) in [5, 5.41) is 3.00. The molecule has 1 N–H and O–H groups in total. The number of benzene rings is 3. The van der Waals surface area contributed by atoms with Crippen LogP contribution in [0.15, 0.2) is 78.9 Å². The van der Waals surface area contributed by atoms with Crippen LogP contribution in [0.25, 0.3) is 0 Å². The second kappa shape index (κ2) is 11.9. The number of ether oxygens (including phenoxy) is 1. The Hall–Kier alpha value is -3.31. The highest BCUT2D eigenvalue weighted by molar-refractivity contribution is 5.94. The van der Waals surface area contributed by atoms with Crippen LogP contribution in [-0.2, 0) is 6.54 Å². The van der Waals surface area contributed by atoms with Crippen molar-refractivity contribution in [1.29, 1.82) is 0 Å². The molecule has 0 spiro atoms. The first-order valence-corrected chi connectivity index (χ1v) is 11.2. The summed E-state index contributed by atoms with van der Waals surface area (Å²) in [5.41, 5.74) is 2.93. The Kier molecular flexibility index (Phi) is 8.70. The van der Waals surface area contributed by atoms with Crippen molar-refractivity contribution in [2.45, 2.75) is 20.4 Å². The highest BCUT2D eigenvalue weighted by atomic mass is 16.5. The van der Waals surface area contributed by atoms with Crippen molar-refractivity contribution in [3.8, 4) is 11.5 Å². The van der Waals surface area contributed by atoms with Crippen molar-refractivity contribution >= 4 is 11.6 Å². The fourth-order valence-corrected chi connectivity index (χ4v) is 3.49. The van der Waals surface area contributed by atoms with E-state index in [1.165, 1.54) is 5.56 Å². The molecule has 0 bridgehead atoms. The number of carbonyl (C=O) groups is 1. The van der Waals surface area contributed by atoms with Crippen molar-refractivity contribution in [1.82, 2.24) is 10.2 Å². The second-order valence-corrected chi connectivity index (χ2v) is 7.74. The normalized spacial score (nSPS) is 10.8. The maximum atomic E-state index is 12.4. The van der Waals surface area contributed by atoms with E-state index in [1.807, 2.05) is 73.8 Å². The van der Waals surface area contributed by atoms with E-state index in [0.29, 0.717) is 12.1 Å². The Labute approximate surface area is 191 Å². The number of nitrogens with one attached hydrogen (secondary N) is 1. The minimum atomic E-state index is -0.0274. The van der Waals surface area contributed by atoms with E-state index in [1.54, 1.807) is 0 Å². The number of hydrogen-bond donors (Lipinski definition) is 1. The molecule has 0 heterocycles. The zero-order chi connectivity index (χ0) is 22.8. The molecule has 0 saturated carbocycles. The van der Waals surface area contributed by atoms with Gasteiger partial charge in [0.05, 0.1) is 0 Å². The van der Waals surface area contributed by atoms with E-state index < -0.39 is 0 Å². The molecule has 3 aromatic carbocycles. The second-order valence-electron chi connectivity index (χ2n) is 7.74. The van der Waals surface area contributed by atoms with E-state index in [-0.39, 0.29) is 5.91 Å². The predicted octanol–water partition coefficient (Wildman–Crippen LogP) is 5.19. The molecule has 0 unspecified atom stereocenters. The summed E-state index contributed by atoms with van der Waals surface area (Å²) in [4.78, 5) is 16.8. The monoisotopic (exact) mass is 431 g/mol. The van der Waals surface area contributed by atoms with Crippen molar-refractivity contribution in [3.63, 3.8) is 0 Å². The molecular formula is C27H33N3O2. The average Bonchev–Trinajstić information content (AvgIpc) is 2.83. The molecule has 3 rings (SSSR count). The average molecular weight is 432 g/mol. The maximum absolute atomic E-state index is 12.4. The summed E-state index contributed by atoms with van der Waals surface area (Å²) in [6.45, 7) is 8.55. The van der Waals surface area contributed by atoms with Gasteiger partial charge in [-0.25, -0.2) is 0 Å². The standard InChI is InChI=1S/C27H33N3O2/c1-4-30(5-2)20-19-28-27(31)23-13-15-24(16-14-23)29(3)21-22-11-17-26(18-12-22)32-25-9-7-6-8-10-25/h6-18H,4-5,19-21H2,1-3H3,(H,28,31). The van der Waals surface area contributed by atoms with Gasteiger partial charge in [0.15, 0.2) is 0 Å². The van der Waals surface area contributed by atoms with Gasteiger partial charge in [0.25, 0.3) is 5.91 Å². The molecule has 168 valence electrons. The third-order valence-electron chi connectivity index (χ3n) is 5.50. The molecule has 0 saturated heterocycles. The molecule has 0 aliphatic rings. The molecule has 0 aliphatic carbocycles. The van der Waals surface area contributed by atoms with Gasteiger partial charge < -0.3 is 19.9 Å². The number of nitrogens with zero attached hydrogens (tertiary/aromatic N) is 2. The fraction of sp³-hybridized carbons (Fsp3) is 0.296. The lowest BCUT2D eigenvalue weighted by Crippen LogP contribution is -2.34. The van der Waals surface area contributed by atoms with Crippen LogP contribution in [0.2, 0.25) is 0 Å². The van der Waals surface area contributed by atoms with Crippen LogP contribution in [-0.4, -0.2) is 44.0 Å². The maximum Gasteiger partial charge on any atom is 0.251 e. The Morgan fingerprint density at radius 1 is 0.844 bits per heavy atom. The first kappa shape index (κ1) is 23.4. The Morgan fingerprint density at radius 3 is 2.09 bits per heavy atom. The minimum absolute atomic E-state index is 0.0274. The van der Waals surface area contributed by atoms with Crippen molar-refractivity contribution in [2.24, 2.45) is 0 Å². The Morgan fingerprint density at radius 2 is 1.47 bits per heavy atom. The number of anilines is 1. The number of hydrogen-bond acceptors (Lipinski definition) is 4. The van der Waals surface area contributed by atoms with Gasteiger partial charge in [-0.1, -0.05) is 44.2 Å². The smallest absolute Gasteiger partial charge is 0.251 e. The number of likely N-dealkylation sites (N-methyl/N-ethyl adjacent to an activating group) is 1. The van der Waals surface area contributed by atoms with E-state index in [0.717, 1.165) is 43.4 Å². The first-order chi connectivity index (χ1) is 15.6. The lowest BCUT2D eigenvalue weighted by Gasteiger charge is -2.20. The quantitative estimate of drug-likeness (QED) is 0.454. The van der Waals surface area contributed by atoms with Crippen LogP contribution in [0.4, 0.5) is 5.69 Å². The van der Waals surface area contributed by atoms with Gasteiger partial charge in [0, 0.05) is 37.9 Å².